The lowest BCUT2D eigenvalue weighted by molar-refractivity contribution is 0.0173. The number of ether oxygens (including phenoxy) is 2. The molecule has 114 valence electrons. The Hall–Kier alpha value is -1.80. The van der Waals surface area contributed by atoms with Crippen LogP contribution in [0, 0.1) is 5.92 Å². The average molecular weight is 313 g/mol. The minimum atomic E-state index is -3.51. The third-order valence-corrected chi connectivity index (χ3v) is 3.98. The van der Waals surface area contributed by atoms with E-state index in [0.29, 0.717) is 18.1 Å². The number of hydrogen-bond acceptors (Lipinski definition) is 7. The van der Waals surface area contributed by atoms with Gasteiger partial charge in [-0.3, -0.25) is 4.18 Å². The molecule has 1 aromatic carbocycles. The second-order valence-corrected chi connectivity index (χ2v) is 6.51. The number of hydrogen-bond donors (Lipinski definition) is 0. The molecule has 2 unspecified atom stereocenters. The van der Waals surface area contributed by atoms with Crippen LogP contribution in [0.5, 0.6) is 11.5 Å². The van der Waals surface area contributed by atoms with Gasteiger partial charge in [-0.25, -0.2) is 0 Å². The highest BCUT2D eigenvalue weighted by Crippen LogP contribution is 2.39. The van der Waals surface area contributed by atoms with Crippen LogP contribution in [0.4, 0.5) is 0 Å². The summed E-state index contributed by atoms with van der Waals surface area (Å²) in [6.45, 7) is 0.253. The van der Waals surface area contributed by atoms with E-state index in [-0.39, 0.29) is 12.5 Å². The zero-order valence-corrected chi connectivity index (χ0v) is 12.4. The van der Waals surface area contributed by atoms with Crippen molar-refractivity contribution >= 4 is 15.8 Å². The molecule has 2 aliphatic heterocycles. The van der Waals surface area contributed by atoms with Gasteiger partial charge in [-0.2, -0.15) is 8.42 Å². The van der Waals surface area contributed by atoms with Crippen LogP contribution in [0.1, 0.15) is 5.56 Å². The molecule has 2 aliphatic rings. The third kappa shape index (κ3) is 2.68. The molecule has 0 N–H and O–H groups in total. The van der Waals surface area contributed by atoms with E-state index in [9.17, 15) is 8.42 Å². The van der Waals surface area contributed by atoms with E-state index in [0.717, 1.165) is 17.5 Å². The maximum Gasteiger partial charge on any atom is 0.264 e. The molecule has 0 bridgehead atoms. The minimum absolute atomic E-state index is 0.0842. The Morgan fingerprint density at radius 2 is 2.24 bits per heavy atom. The Kier molecular flexibility index (Phi) is 3.50. The normalized spacial score (nSPS) is 23.4. The molecule has 0 saturated carbocycles. The lowest BCUT2D eigenvalue weighted by Gasteiger charge is -2.25. The molecule has 0 saturated heterocycles. The highest BCUT2D eigenvalue weighted by atomic mass is 32.2. The van der Waals surface area contributed by atoms with Crippen LogP contribution in [0.15, 0.2) is 23.4 Å². The van der Waals surface area contributed by atoms with Gasteiger partial charge in [0.2, 0.25) is 0 Å². The van der Waals surface area contributed by atoms with Gasteiger partial charge in [0.25, 0.3) is 10.1 Å². The third-order valence-electron chi connectivity index (χ3n) is 3.41. The Labute approximate surface area is 122 Å². The molecule has 2 heterocycles. The van der Waals surface area contributed by atoms with Crippen LogP contribution in [-0.2, 0) is 19.1 Å². The van der Waals surface area contributed by atoms with Gasteiger partial charge < -0.3 is 14.3 Å². The SMILES string of the molecule is COc1cccc2c1OCC1C2=NOC1COS(C)(=O)=O. The number of oxime groups is 1. The molecule has 0 aliphatic carbocycles. The van der Waals surface area contributed by atoms with Gasteiger partial charge in [0, 0.05) is 5.56 Å². The Balaban J connectivity index is 1.82. The molecule has 2 atom stereocenters. The summed E-state index contributed by atoms with van der Waals surface area (Å²) in [6, 6.07) is 5.51. The van der Waals surface area contributed by atoms with E-state index in [1.54, 1.807) is 13.2 Å². The molecule has 21 heavy (non-hydrogen) atoms. The molecular weight excluding hydrogens is 298 g/mol. The smallest absolute Gasteiger partial charge is 0.264 e. The first-order chi connectivity index (χ1) is 9.99. The lowest BCUT2D eigenvalue weighted by atomic mass is 9.90. The molecule has 0 aromatic heterocycles. The molecular formula is C13H15NO6S. The molecule has 8 heteroatoms. The highest BCUT2D eigenvalue weighted by Gasteiger charge is 2.41. The highest BCUT2D eigenvalue weighted by molar-refractivity contribution is 7.85. The topological polar surface area (TPSA) is 83.4 Å². The van der Waals surface area contributed by atoms with Crippen molar-refractivity contribution in [3.8, 4) is 11.5 Å². The monoisotopic (exact) mass is 313 g/mol. The van der Waals surface area contributed by atoms with Gasteiger partial charge in [-0.1, -0.05) is 11.2 Å². The number of benzene rings is 1. The largest absolute Gasteiger partial charge is 0.493 e. The zero-order valence-electron chi connectivity index (χ0n) is 11.6. The van der Waals surface area contributed by atoms with Crippen molar-refractivity contribution in [3.63, 3.8) is 0 Å². The first-order valence-corrected chi connectivity index (χ1v) is 8.19. The van der Waals surface area contributed by atoms with Crippen molar-refractivity contribution in [1.29, 1.82) is 0 Å². The molecule has 0 fully saturated rings. The molecule has 0 amide bonds. The fraction of sp³-hybridized carbons (Fsp3) is 0.462. The summed E-state index contributed by atoms with van der Waals surface area (Å²) in [4.78, 5) is 5.30. The van der Waals surface area contributed by atoms with E-state index in [2.05, 4.69) is 5.16 Å². The van der Waals surface area contributed by atoms with Crippen molar-refractivity contribution in [1.82, 2.24) is 0 Å². The molecule has 1 aromatic rings. The first-order valence-electron chi connectivity index (χ1n) is 6.38. The predicted octanol–water partition coefficient (Wildman–Crippen LogP) is 0.783. The van der Waals surface area contributed by atoms with E-state index >= 15 is 0 Å². The predicted molar refractivity (Wildman–Crippen MR) is 74.2 cm³/mol. The average Bonchev–Trinajstić information content (AvgIpc) is 2.87. The fourth-order valence-electron chi connectivity index (χ4n) is 2.41. The van der Waals surface area contributed by atoms with Gasteiger partial charge in [0.1, 0.15) is 18.9 Å². The van der Waals surface area contributed by atoms with E-state index in [1.165, 1.54) is 0 Å². The lowest BCUT2D eigenvalue weighted by Crippen LogP contribution is -2.36. The summed E-state index contributed by atoms with van der Waals surface area (Å²) < 4.78 is 37.9. The first kappa shape index (κ1) is 14.2. The number of fused-ring (bicyclic) bond motifs is 3. The Morgan fingerprint density at radius 1 is 1.43 bits per heavy atom. The number of rotatable bonds is 4. The number of nitrogens with zero attached hydrogens (tertiary/aromatic N) is 1. The second kappa shape index (κ2) is 5.19. The van der Waals surface area contributed by atoms with Gasteiger partial charge in [-0.05, 0) is 12.1 Å². The molecule has 0 spiro atoms. The van der Waals surface area contributed by atoms with E-state index in [1.807, 2.05) is 12.1 Å². The van der Waals surface area contributed by atoms with Crippen LogP contribution < -0.4 is 9.47 Å². The van der Waals surface area contributed by atoms with Gasteiger partial charge in [0.05, 0.1) is 19.3 Å². The quantitative estimate of drug-likeness (QED) is 0.764. The second-order valence-electron chi connectivity index (χ2n) is 4.86. The minimum Gasteiger partial charge on any atom is -0.493 e. The molecule has 0 radical (unpaired) electrons. The molecule has 3 rings (SSSR count). The summed E-state index contributed by atoms with van der Waals surface area (Å²) in [5.41, 5.74) is 1.53. The van der Waals surface area contributed by atoms with Crippen LogP contribution >= 0.6 is 0 Å². The maximum atomic E-state index is 11.1. The summed E-state index contributed by atoms with van der Waals surface area (Å²) >= 11 is 0. The Bertz CT molecular complexity index is 684. The maximum absolute atomic E-state index is 11.1. The van der Waals surface area contributed by atoms with Crippen LogP contribution in [0.25, 0.3) is 0 Å². The van der Waals surface area contributed by atoms with Crippen molar-refractivity contribution in [3.05, 3.63) is 23.8 Å². The molecule has 7 nitrogen and oxygen atoms in total. The van der Waals surface area contributed by atoms with Gasteiger partial charge in [-0.15, -0.1) is 0 Å². The van der Waals surface area contributed by atoms with Crippen molar-refractivity contribution in [2.24, 2.45) is 11.1 Å². The van der Waals surface area contributed by atoms with Crippen molar-refractivity contribution in [2.45, 2.75) is 6.10 Å². The summed E-state index contributed by atoms with van der Waals surface area (Å²) in [5, 5.41) is 4.06. The standard InChI is InChI=1S/C13H15NO6S/c1-17-10-5-3-4-8-12-9(6-18-13(8)10)11(20-14-12)7-19-21(2,15)16/h3-5,9,11H,6-7H2,1-2H3. The van der Waals surface area contributed by atoms with Crippen LogP contribution in [-0.4, -0.2) is 46.8 Å². The summed E-state index contributed by atoms with van der Waals surface area (Å²) in [7, 11) is -1.94. The van der Waals surface area contributed by atoms with Crippen LogP contribution in [0.2, 0.25) is 0 Å². The summed E-state index contributed by atoms with van der Waals surface area (Å²) in [5.74, 6) is 1.10. The summed E-state index contributed by atoms with van der Waals surface area (Å²) in [6.07, 6.45) is 0.524. The zero-order chi connectivity index (χ0) is 15.0. The number of methoxy groups -OCH3 is 1. The Morgan fingerprint density at radius 3 is 2.95 bits per heavy atom. The number of para-hydroxylation sites is 1. The van der Waals surface area contributed by atoms with Gasteiger partial charge in [0.15, 0.2) is 17.6 Å². The van der Waals surface area contributed by atoms with Crippen molar-refractivity contribution in [2.75, 3.05) is 26.6 Å². The van der Waals surface area contributed by atoms with E-state index < -0.39 is 16.2 Å². The van der Waals surface area contributed by atoms with Crippen molar-refractivity contribution < 1.29 is 26.9 Å². The van der Waals surface area contributed by atoms with E-state index in [4.69, 9.17) is 18.5 Å². The van der Waals surface area contributed by atoms with Gasteiger partial charge >= 0.3 is 0 Å². The van der Waals surface area contributed by atoms with Crippen LogP contribution in [0.3, 0.4) is 0 Å². The fourth-order valence-corrected chi connectivity index (χ4v) is 2.80.